The topological polar surface area (TPSA) is 21.3 Å². The number of nitrogens with one attached hydrogen (secondary N) is 1. The van der Waals surface area contributed by atoms with Crippen molar-refractivity contribution < 1.29 is 4.74 Å². The molecule has 0 amide bonds. The summed E-state index contributed by atoms with van der Waals surface area (Å²) in [5.74, 6) is 0.920. The molecule has 2 heteroatoms. The van der Waals surface area contributed by atoms with E-state index in [1.54, 1.807) is 0 Å². The van der Waals surface area contributed by atoms with Crippen LogP contribution in [0.3, 0.4) is 0 Å². The molecule has 0 aliphatic rings. The molecule has 20 heavy (non-hydrogen) atoms. The standard InChI is InChI=1S/C18H23NO/c1-13(2)20-18-10-8-15(9-11-18)17-7-5-6-16(12-17)14(3)19-4/h5-14,19H,1-4H3/t14-/m0/s1. The van der Waals surface area contributed by atoms with Crippen molar-refractivity contribution in [2.24, 2.45) is 0 Å². The minimum absolute atomic E-state index is 0.209. The van der Waals surface area contributed by atoms with Gasteiger partial charge in [-0.15, -0.1) is 0 Å². The molecule has 0 unspecified atom stereocenters. The van der Waals surface area contributed by atoms with Crippen LogP contribution in [0.4, 0.5) is 0 Å². The molecule has 0 radical (unpaired) electrons. The van der Waals surface area contributed by atoms with Crippen LogP contribution in [-0.2, 0) is 0 Å². The molecule has 0 saturated heterocycles. The summed E-state index contributed by atoms with van der Waals surface area (Å²) in [7, 11) is 1.98. The number of rotatable bonds is 5. The fraction of sp³-hybridized carbons (Fsp3) is 0.333. The van der Waals surface area contributed by atoms with E-state index in [9.17, 15) is 0 Å². The molecular weight excluding hydrogens is 246 g/mol. The summed E-state index contributed by atoms with van der Waals surface area (Å²) in [6, 6.07) is 17.3. The Kier molecular flexibility index (Phi) is 4.80. The van der Waals surface area contributed by atoms with Crippen molar-refractivity contribution in [2.45, 2.75) is 32.9 Å². The van der Waals surface area contributed by atoms with Crippen LogP contribution in [0.25, 0.3) is 11.1 Å². The summed E-state index contributed by atoms with van der Waals surface area (Å²) >= 11 is 0. The highest BCUT2D eigenvalue weighted by Crippen LogP contribution is 2.25. The Morgan fingerprint density at radius 3 is 2.20 bits per heavy atom. The first-order valence-corrected chi connectivity index (χ1v) is 7.14. The van der Waals surface area contributed by atoms with E-state index in [2.05, 4.69) is 48.6 Å². The van der Waals surface area contributed by atoms with Crippen LogP contribution in [0.2, 0.25) is 0 Å². The molecule has 0 heterocycles. The Morgan fingerprint density at radius 1 is 0.900 bits per heavy atom. The molecule has 0 saturated carbocycles. The van der Waals surface area contributed by atoms with Crippen LogP contribution in [0.1, 0.15) is 32.4 Å². The van der Waals surface area contributed by atoms with Crippen LogP contribution >= 0.6 is 0 Å². The average molecular weight is 269 g/mol. The molecule has 2 aromatic carbocycles. The Balaban J connectivity index is 2.23. The Labute approximate surface area is 121 Å². The first kappa shape index (κ1) is 14.6. The van der Waals surface area contributed by atoms with Crippen molar-refractivity contribution >= 4 is 0 Å². The lowest BCUT2D eigenvalue weighted by molar-refractivity contribution is 0.242. The zero-order valence-electron chi connectivity index (χ0n) is 12.7. The molecule has 0 aliphatic heterocycles. The van der Waals surface area contributed by atoms with Crippen molar-refractivity contribution in [1.29, 1.82) is 0 Å². The second-order valence-electron chi connectivity index (χ2n) is 5.33. The molecule has 0 fully saturated rings. The van der Waals surface area contributed by atoms with E-state index in [-0.39, 0.29) is 6.10 Å². The van der Waals surface area contributed by atoms with Crippen molar-refractivity contribution in [3.05, 3.63) is 54.1 Å². The van der Waals surface area contributed by atoms with E-state index in [0.29, 0.717) is 6.04 Å². The van der Waals surface area contributed by atoms with Crippen molar-refractivity contribution in [3.8, 4) is 16.9 Å². The maximum Gasteiger partial charge on any atom is 0.119 e. The van der Waals surface area contributed by atoms with Gasteiger partial charge in [0, 0.05) is 6.04 Å². The van der Waals surface area contributed by atoms with Crippen molar-refractivity contribution in [1.82, 2.24) is 5.32 Å². The molecule has 1 N–H and O–H groups in total. The van der Waals surface area contributed by atoms with E-state index < -0.39 is 0 Å². The molecule has 2 nitrogen and oxygen atoms in total. The largest absolute Gasteiger partial charge is 0.491 e. The smallest absolute Gasteiger partial charge is 0.119 e. The molecular formula is C18H23NO. The Bertz CT molecular complexity index is 546. The normalized spacial score (nSPS) is 12.4. The maximum absolute atomic E-state index is 5.67. The Hall–Kier alpha value is -1.80. The minimum atomic E-state index is 0.209. The zero-order chi connectivity index (χ0) is 14.5. The van der Waals surface area contributed by atoms with Crippen LogP contribution in [0.15, 0.2) is 48.5 Å². The van der Waals surface area contributed by atoms with Crippen LogP contribution < -0.4 is 10.1 Å². The molecule has 2 rings (SSSR count). The number of ether oxygens (including phenoxy) is 1. The molecule has 2 aromatic rings. The lowest BCUT2D eigenvalue weighted by Crippen LogP contribution is -2.12. The molecule has 0 spiro atoms. The third kappa shape index (κ3) is 3.61. The highest BCUT2D eigenvalue weighted by molar-refractivity contribution is 5.65. The van der Waals surface area contributed by atoms with E-state index in [4.69, 9.17) is 4.74 Å². The quantitative estimate of drug-likeness (QED) is 0.867. The van der Waals surface area contributed by atoms with Gasteiger partial charge in [0.25, 0.3) is 0 Å². The molecule has 1 atom stereocenters. The van der Waals surface area contributed by atoms with Gasteiger partial charge in [-0.3, -0.25) is 0 Å². The predicted molar refractivity (Wildman–Crippen MR) is 85.1 cm³/mol. The monoisotopic (exact) mass is 269 g/mol. The van der Waals surface area contributed by atoms with Crippen LogP contribution in [0.5, 0.6) is 5.75 Å². The van der Waals surface area contributed by atoms with Gasteiger partial charge in [-0.05, 0) is 62.7 Å². The highest BCUT2D eigenvalue weighted by atomic mass is 16.5. The van der Waals surface area contributed by atoms with Gasteiger partial charge in [0.2, 0.25) is 0 Å². The summed E-state index contributed by atoms with van der Waals surface area (Å²) in [6.45, 7) is 6.24. The molecule has 0 aliphatic carbocycles. The average Bonchev–Trinajstić information content (AvgIpc) is 2.47. The first-order chi connectivity index (χ1) is 9.60. The van der Waals surface area contributed by atoms with E-state index >= 15 is 0 Å². The SMILES string of the molecule is CN[C@@H](C)c1cccc(-c2ccc(OC(C)C)cc2)c1. The summed E-state index contributed by atoms with van der Waals surface area (Å²) in [4.78, 5) is 0. The van der Waals surface area contributed by atoms with E-state index in [0.717, 1.165) is 5.75 Å². The fourth-order valence-electron chi connectivity index (χ4n) is 2.15. The van der Waals surface area contributed by atoms with Gasteiger partial charge in [0.05, 0.1) is 6.10 Å². The van der Waals surface area contributed by atoms with Crippen molar-refractivity contribution in [2.75, 3.05) is 7.05 Å². The fourth-order valence-corrected chi connectivity index (χ4v) is 2.15. The first-order valence-electron chi connectivity index (χ1n) is 7.14. The van der Waals surface area contributed by atoms with Crippen LogP contribution in [0, 0.1) is 0 Å². The van der Waals surface area contributed by atoms with E-state index in [1.165, 1.54) is 16.7 Å². The summed E-state index contributed by atoms with van der Waals surface area (Å²) in [5.41, 5.74) is 3.75. The van der Waals surface area contributed by atoms with E-state index in [1.807, 2.05) is 33.0 Å². The number of benzene rings is 2. The predicted octanol–water partition coefficient (Wildman–Crippen LogP) is 4.42. The van der Waals surface area contributed by atoms with Gasteiger partial charge >= 0.3 is 0 Å². The van der Waals surface area contributed by atoms with Gasteiger partial charge in [-0.25, -0.2) is 0 Å². The van der Waals surface area contributed by atoms with Gasteiger partial charge < -0.3 is 10.1 Å². The molecule has 0 aromatic heterocycles. The lowest BCUT2D eigenvalue weighted by Gasteiger charge is -2.13. The number of hydrogen-bond acceptors (Lipinski definition) is 2. The van der Waals surface area contributed by atoms with Crippen LogP contribution in [-0.4, -0.2) is 13.2 Å². The van der Waals surface area contributed by atoms with Crippen molar-refractivity contribution in [3.63, 3.8) is 0 Å². The third-order valence-corrected chi connectivity index (χ3v) is 3.38. The summed E-state index contributed by atoms with van der Waals surface area (Å²) in [5, 5.41) is 3.27. The van der Waals surface area contributed by atoms with Gasteiger partial charge in [-0.1, -0.05) is 30.3 Å². The molecule has 106 valence electrons. The lowest BCUT2D eigenvalue weighted by atomic mass is 10.0. The summed E-state index contributed by atoms with van der Waals surface area (Å²) in [6.07, 6.45) is 0.209. The Morgan fingerprint density at radius 2 is 1.60 bits per heavy atom. The zero-order valence-corrected chi connectivity index (χ0v) is 12.7. The highest BCUT2D eigenvalue weighted by Gasteiger charge is 2.05. The van der Waals surface area contributed by atoms with Gasteiger partial charge in [0.1, 0.15) is 5.75 Å². The minimum Gasteiger partial charge on any atom is -0.491 e. The van der Waals surface area contributed by atoms with Gasteiger partial charge in [-0.2, -0.15) is 0 Å². The second kappa shape index (κ2) is 6.58. The number of hydrogen-bond donors (Lipinski definition) is 1. The maximum atomic E-state index is 5.67. The molecule has 0 bridgehead atoms. The second-order valence-corrected chi connectivity index (χ2v) is 5.33. The van der Waals surface area contributed by atoms with Gasteiger partial charge in [0.15, 0.2) is 0 Å². The summed E-state index contributed by atoms with van der Waals surface area (Å²) < 4.78 is 5.67. The third-order valence-electron chi connectivity index (χ3n) is 3.38.